The van der Waals surface area contributed by atoms with E-state index in [0.717, 1.165) is 5.56 Å². The third-order valence-corrected chi connectivity index (χ3v) is 5.48. The molecule has 0 saturated heterocycles. The first-order chi connectivity index (χ1) is 12.5. The van der Waals surface area contributed by atoms with Gasteiger partial charge in [0, 0.05) is 0 Å². The molecule has 0 bridgehead atoms. The molecule has 0 aliphatic carbocycles. The van der Waals surface area contributed by atoms with Crippen LogP contribution in [-0.4, -0.2) is 31.8 Å². The molecule has 0 unspecified atom stereocenters. The van der Waals surface area contributed by atoms with E-state index in [-0.39, 0.29) is 23.3 Å². The molecule has 0 aliphatic rings. The highest BCUT2D eigenvalue weighted by Crippen LogP contribution is 2.31. The fourth-order valence-electron chi connectivity index (χ4n) is 2.79. The minimum Gasteiger partial charge on any atom is -0.454 e. The van der Waals surface area contributed by atoms with Crippen LogP contribution in [0.4, 0.5) is 8.78 Å². The normalized spacial score (nSPS) is 13.6. The largest absolute Gasteiger partial charge is 0.454 e. The zero-order valence-corrected chi connectivity index (χ0v) is 18.3. The van der Waals surface area contributed by atoms with Gasteiger partial charge < -0.3 is 4.74 Å². The van der Waals surface area contributed by atoms with Gasteiger partial charge >= 0.3 is 21.3 Å². The molecule has 28 heavy (non-hydrogen) atoms. The molecule has 0 radical (unpaired) electrons. The Bertz CT molecular complexity index is 776. The van der Waals surface area contributed by atoms with E-state index in [0.29, 0.717) is 0 Å². The van der Waals surface area contributed by atoms with Crippen molar-refractivity contribution in [2.45, 2.75) is 71.2 Å². The van der Waals surface area contributed by atoms with Crippen LogP contribution in [0, 0.1) is 5.92 Å². The van der Waals surface area contributed by atoms with Crippen molar-refractivity contribution in [1.29, 1.82) is 0 Å². The maximum Gasteiger partial charge on any atom is 0.403 e. The van der Waals surface area contributed by atoms with E-state index in [9.17, 15) is 22.0 Å². The Kier molecular flexibility index (Phi) is 7.39. The monoisotopic (exact) mass is 420 g/mol. The molecule has 1 aromatic carbocycles. The SMILES string of the molecule is CC(C)CC(C)(C)OS(=O)(=O)C(F)(F)COC(=O)c1ccc(C(C)(C)C)cc1. The number of carbonyl (C=O) groups is 1. The third-order valence-electron chi connectivity index (χ3n) is 3.96. The van der Waals surface area contributed by atoms with Gasteiger partial charge in [-0.2, -0.15) is 17.2 Å². The van der Waals surface area contributed by atoms with Gasteiger partial charge in [-0.1, -0.05) is 46.8 Å². The molecule has 1 aromatic rings. The molecule has 0 aromatic heterocycles. The lowest BCUT2D eigenvalue weighted by Crippen LogP contribution is -2.41. The standard InChI is InChI=1S/C20H30F2O5S/c1-14(2)12-19(6,7)27-28(24,25)20(21,22)13-26-17(23)15-8-10-16(11-9-15)18(3,4)5/h8-11,14H,12-13H2,1-7H3. The van der Waals surface area contributed by atoms with Gasteiger partial charge in [-0.3, -0.25) is 4.18 Å². The number of alkyl halides is 2. The second-order valence-corrected chi connectivity index (χ2v) is 10.6. The van der Waals surface area contributed by atoms with Crippen molar-refractivity contribution < 1.29 is 30.9 Å². The van der Waals surface area contributed by atoms with Crippen molar-refractivity contribution in [1.82, 2.24) is 0 Å². The maximum absolute atomic E-state index is 14.2. The van der Waals surface area contributed by atoms with E-state index in [2.05, 4.69) is 4.74 Å². The number of hydrogen-bond donors (Lipinski definition) is 0. The Balaban J connectivity index is 2.82. The first-order valence-electron chi connectivity index (χ1n) is 9.07. The molecule has 0 saturated carbocycles. The summed E-state index contributed by atoms with van der Waals surface area (Å²) in [6.45, 7) is 10.8. The second-order valence-electron chi connectivity index (χ2n) is 8.94. The molecular formula is C20H30F2O5S. The van der Waals surface area contributed by atoms with Crippen molar-refractivity contribution in [3.8, 4) is 0 Å². The number of rotatable bonds is 8. The molecule has 5 nitrogen and oxygen atoms in total. The highest BCUT2D eigenvalue weighted by molar-refractivity contribution is 7.87. The molecule has 8 heteroatoms. The van der Waals surface area contributed by atoms with E-state index < -0.39 is 33.5 Å². The molecule has 0 atom stereocenters. The number of ether oxygens (including phenoxy) is 1. The lowest BCUT2D eigenvalue weighted by molar-refractivity contribution is -0.0207. The molecule has 0 heterocycles. The van der Waals surface area contributed by atoms with Gasteiger partial charge in [0.05, 0.1) is 11.2 Å². The van der Waals surface area contributed by atoms with Crippen LogP contribution in [0.2, 0.25) is 0 Å². The van der Waals surface area contributed by atoms with Crippen molar-refractivity contribution in [3.63, 3.8) is 0 Å². The average molecular weight is 421 g/mol. The van der Waals surface area contributed by atoms with E-state index in [1.807, 2.05) is 34.6 Å². The zero-order valence-electron chi connectivity index (χ0n) is 17.5. The predicted molar refractivity (Wildman–Crippen MR) is 104 cm³/mol. The van der Waals surface area contributed by atoms with Gasteiger partial charge in [-0.15, -0.1) is 0 Å². The van der Waals surface area contributed by atoms with E-state index in [1.54, 1.807) is 12.1 Å². The first kappa shape index (κ1) is 24.5. The molecular weight excluding hydrogens is 390 g/mol. The Morgan fingerprint density at radius 2 is 1.54 bits per heavy atom. The maximum atomic E-state index is 14.2. The minimum absolute atomic E-state index is 0.0488. The smallest absolute Gasteiger partial charge is 0.403 e. The summed E-state index contributed by atoms with van der Waals surface area (Å²) >= 11 is 0. The second kappa shape index (κ2) is 8.45. The van der Waals surface area contributed by atoms with Crippen LogP contribution in [0.15, 0.2) is 24.3 Å². The van der Waals surface area contributed by atoms with E-state index in [4.69, 9.17) is 4.18 Å². The number of hydrogen-bond acceptors (Lipinski definition) is 5. The van der Waals surface area contributed by atoms with E-state index >= 15 is 0 Å². The Morgan fingerprint density at radius 3 is 1.96 bits per heavy atom. The lowest BCUT2D eigenvalue weighted by Gasteiger charge is -2.28. The van der Waals surface area contributed by atoms with Crippen molar-refractivity contribution in [2.24, 2.45) is 5.92 Å². The summed E-state index contributed by atoms with van der Waals surface area (Å²) in [7, 11) is -5.28. The number of esters is 1. The van der Waals surface area contributed by atoms with Gasteiger partial charge in [-0.05, 0) is 49.3 Å². The summed E-state index contributed by atoms with van der Waals surface area (Å²) in [4.78, 5) is 12.0. The number of halogens is 2. The lowest BCUT2D eigenvalue weighted by atomic mass is 9.87. The molecule has 0 N–H and O–H groups in total. The van der Waals surface area contributed by atoms with Crippen LogP contribution in [-0.2, 0) is 24.5 Å². The summed E-state index contributed by atoms with van der Waals surface area (Å²) in [6.07, 6.45) is 0.266. The van der Waals surface area contributed by atoms with Gasteiger partial charge in [0.1, 0.15) is 0 Å². The topological polar surface area (TPSA) is 69.7 Å². The number of benzene rings is 1. The highest BCUT2D eigenvalue weighted by atomic mass is 32.2. The predicted octanol–water partition coefficient (Wildman–Crippen LogP) is 4.90. The Hall–Kier alpha value is -1.54. The van der Waals surface area contributed by atoms with Crippen molar-refractivity contribution in [2.75, 3.05) is 6.61 Å². The van der Waals surface area contributed by atoms with Crippen molar-refractivity contribution >= 4 is 16.1 Å². The molecule has 0 amide bonds. The zero-order chi connectivity index (χ0) is 22.0. The van der Waals surface area contributed by atoms with Crippen LogP contribution in [0.5, 0.6) is 0 Å². The highest BCUT2D eigenvalue weighted by Gasteiger charge is 2.50. The molecule has 160 valence electrons. The van der Waals surface area contributed by atoms with E-state index in [1.165, 1.54) is 26.0 Å². The summed E-state index contributed by atoms with van der Waals surface area (Å²) in [5.41, 5.74) is -0.424. The fraction of sp³-hybridized carbons (Fsp3) is 0.650. The Labute approximate surface area is 166 Å². The summed E-state index contributed by atoms with van der Waals surface area (Å²) in [5.74, 6) is -0.982. The van der Waals surface area contributed by atoms with Crippen LogP contribution < -0.4 is 0 Å². The van der Waals surface area contributed by atoms with Crippen LogP contribution >= 0.6 is 0 Å². The molecule has 0 spiro atoms. The van der Waals surface area contributed by atoms with Gasteiger partial charge in [-0.25, -0.2) is 4.79 Å². The van der Waals surface area contributed by atoms with Crippen LogP contribution in [0.1, 0.15) is 70.8 Å². The quantitative estimate of drug-likeness (QED) is 0.442. The van der Waals surface area contributed by atoms with Gasteiger partial charge in [0.15, 0.2) is 6.61 Å². The van der Waals surface area contributed by atoms with Crippen molar-refractivity contribution in [3.05, 3.63) is 35.4 Å². The fourth-order valence-corrected chi connectivity index (χ4v) is 3.77. The Morgan fingerprint density at radius 1 is 1.04 bits per heavy atom. The minimum atomic E-state index is -5.28. The number of carbonyl (C=O) groups excluding carboxylic acids is 1. The van der Waals surface area contributed by atoms with Gasteiger partial charge in [0.2, 0.25) is 0 Å². The summed E-state index contributed by atoms with van der Waals surface area (Å²) < 4.78 is 61.6. The summed E-state index contributed by atoms with van der Waals surface area (Å²) in [6, 6.07) is 6.31. The van der Waals surface area contributed by atoms with Crippen LogP contribution in [0.3, 0.4) is 0 Å². The third kappa shape index (κ3) is 6.81. The summed E-state index contributed by atoms with van der Waals surface area (Å²) in [5, 5.41) is -4.36. The first-order valence-corrected chi connectivity index (χ1v) is 10.5. The molecule has 0 fully saturated rings. The molecule has 1 rings (SSSR count). The molecule has 0 aliphatic heterocycles. The van der Waals surface area contributed by atoms with Gasteiger partial charge in [0.25, 0.3) is 0 Å². The van der Waals surface area contributed by atoms with Crippen LogP contribution in [0.25, 0.3) is 0 Å². The average Bonchev–Trinajstić information content (AvgIpc) is 2.49.